The van der Waals surface area contributed by atoms with E-state index in [0.29, 0.717) is 13.1 Å². The van der Waals surface area contributed by atoms with Gasteiger partial charge in [-0.25, -0.2) is 4.68 Å². The van der Waals surface area contributed by atoms with Crippen molar-refractivity contribution >= 4 is 5.91 Å². The highest BCUT2D eigenvalue weighted by Crippen LogP contribution is 2.33. The van der Waals surface area contributed by atoms with Gasteiger partial charge in [-0.3, -0.25) is 9.69 Å². The van der Waals surface area contributed by atoms with Crippen molar-refractivity contribution in [2.24, 2.45) is 0 Å². The summed E-state index contributed by atoms with van der Waals surface area (Å²) in [7, 11) is 0. The first kappa shape index (κ1) is 20.8. The summed E-state index contributed by atoms with van der Waals surface area (Å²) in [6.07, 6.45) is -0.00583. The van der Waals surface area contributed by atoms with Crippen LogP contribution in [0.25, 0.3) is 5.69 Å². The Balaban J connectivity index is 1.43. The molecule has 0 spiro atoms. The van der Waals surface area contributed by atoms with Crippen LogP contribution < -0.4 is 0 Å². The molecular formula is C20H24F3N5O2. The van der Waals surface area contributed by atoms with Gasteiger partial charge in [0.25, 0.3) is 5.91 Å². The van der Waals surface area contributed by atoms with E-state index in [-0.39, 0.29) is 23.4 Å². The van der Waals surface area contributed by atoms with Gasteiger partial charge in [0, 0.05) is 32.8 Å². The molecular weight excluding hydrogens is 399 g/mol. The zero-order chi connectivity index (χ0) is 21.1. The Kier molecular flexibility index (Phi) is 6.05. The molecule has 2 aromatic rings. The number of rotatable bonds is 4. The molecule has 7 nitrogen and oxygen atoms in total. The van der Waals surface area contributed by atoms with Gasteiger partial charge < -0.3 is 9.64 Å². The Hall–Kier alpha value is -2.46. The molecule has 10 heteroatoms. The van der Waals surface area contributed by atoms with Crippen molar-refractivity contribution in [2.45, 2.75) is 31.5 Å². The summed E-state index contributed by atoms with van der Waals surface area (Å²) >= 11 is 0. The highest BCUT2D eigenvalue weighted by Gasteiger charge is 2.34. The van der Waals surface area contributed by atoms with E-state index < -0.39 is 11.7 Å². The fourth-order valence-corrected chi connectivity index (χ4v) is 3.99. The first-order valence-electron chi connectivity index (χ1n) is 10.1. The molecule has 2 aliphatic rings. The number of aromatic nitrogens is 3. The van der Waals surface area contributed by atoms with Gasteiger partial charge in [-0.15, -0.1) is 5.10 Å². The average molecular weight is 423 g/mol. The molecule has 0 N–H and O–H groups in total. The molecule has 0 aliphatic carbocycles. The lowest BCUT2D eigenvalue weighted by atomic mass is 10.1. The van der Waals surface area contributed by atoms with Gasteiger partial charge in [0.2, 0.25) is 0 Å². The summed E-state index contributed by atoms with van der Waals surface area (Å²) in [5.74, 6) is -0.315. The SMILES string of the molecule is O=C(c1cn(-c2ccccc2C(F)(F)F)nn1)N1CCCN(C[C@H]2CCCO2)CC1. The highest BCUT2D eigenvalue weighted by atomic mass is 19.4. The van der Waals surface area contributed by atoms with E-state index in [0.717, 1.165) is 56.3 Å². The lowest BCUT2D eigenvalue weighted by molar-refractivity contribution is -0.137. The Morgan fingerprint density at radius 1 is 1.13 bits per heavy atom. The Labute approximate surface area is 172 Å². The molecule has 0 bridgehead atoms. The van der Waals surface area contributed by atoms with E-state index in [1.54, 1.807) is 4.90 Å². The predicted octanol–water partition coefficient (Wildman–Crippen LogP) is 2.61. The Morgan fingerprint density at radius 3 is 2.73 bits per heavy atom. The number of amides is 1. The van der Waals surface area contributed by atoms with Crippen molar-refractivity contribution in [1.29, 1.82) is 0 Å². The van der Waals surface area contributed by atoms with Gasteiger partial charge in [0.15, 0.2) is 5.69 Å². The molecule has 3 heterocycles. The van der Waals surface area contributed by atoms with Gasteiger partial charge in [0.05, 0.1) is 23.6 Å². The second-order valence-electron chi connectivity index (χ2n) is 7.64. The smallest absolute Gasteiger partial charge is 0.377 e. The van der Waals surface area contributed by atoms with Crippen LogP contribution in [0.2, 0.25) is 0 Å². The largest absolute Gasteiger partial charge is 0.418 e. The number of ether oxygens (including phenoxy) is 1. The number of carbonyl (C=O) groups is 1. The fourth-order valence-electron chi connectivity index (χ4n) is 3.99. The minimum Gasteiger partial charge on any atom is -0.377 e. The van der Waals surface area contributed by atoms with Gasteiger partial charge in [-0.1, -0.05) is 17.3 Å². The number of hydrogen-bond acceptors (Lipinski definition) is 5. The van der Waals surface area contributed by atoms with Gasteiger partial charge in [-0.2, -0.15) is 13.2 Å². The first-order chi connectivity index (χ1) is 14.4. The maximum Gasteiger partial charge on any atom is 0.418 e. The molecule has 1 amide bonds. The van der Waals surface area contributed by atoms with Crippen molar-refractivity contribution in [3.63, 3.8) is 0 Å². The zero-order valence-corrected chi connectivity index (χ0v) is 16.5. The normalized spacial score (nSPS) is 21.0. The van der Waals surface area contributed by atoms with Crippen LogP contribution in [-0.4, -0.2) is 76.1 Å². The molecule has 0 unspecified atom stereocenters. The molecule has 4 rings (SSSR count). The summed E-state index contributed by atoms with van der Waals surface area (Å²) in [6, 6.07) is 5.09. The third-order valence-corrected chi connectivity index (χ3v) is 5.53. The second-order valence-corrected chi connectivity index (χ2v) is 7.64. The standard InChI is InChI=1S/C20H24F3N5O2/c21-20(22,23)16-6-1-2-7-18(16)28-14-17(24-25-28)19(29)27-9-4-8-26(10-11-27)13-15-5-3-12-30-15/h1-2,6-7,14-15H,3-5,8-13H2/t15-/m1/s1. The van der Waals surface area contributed by atoms with E-state index in [2.05, 4.69) is 15.2 Å². The monoisotopic (exact) mass is 423 g/mol. The number of nitrogens with zero attached hydrogens (tertiary/aromatic N) is 5. The van der Waals surface area contributed by atoms with Crippen LogP contribution in [0.1, 0.15) is 35.3 Å². The van der Waals surface area contributed by atoms with E-state index in [1.807, 2.05) is 0 Å². The molecule has 0 saturated carbocycles. The number of carbonyl (C=O) groups excluding carboxylic acids is 1. The Bertz CT molecular complexity index is 879. The number of halogens is 3. The third-order valence-electron chi connectivity index (χ3n) is 5.53. The number of hydrogen-bond donors (Lipinski definition) is 0. The van der Waals surface area contributed by atoms with E-state index in [1.165, 1.54) is 24.4 Å². The first-order valence-corrected chi connectivity index (χ1v) is 10.1. The second kappa shape index (κ2) is 8.73. The number of benzene rings is 1. The zero-order valence-electron chi connectivity index (χ0n) is 16.5. The van der Waals surface area contributed by atoms with Crippen LogP contribution in [-0.2, 0) is 10.9 Å². The number of para-hydroxylation sites is 1. The molecule has 0 radical (unpaired) electrons. The molecule has 2 fully saturated rings. The molecule has 2 saturated heterocycles. The third kappa shape index (κ3) is 4.65. The molecule has 1 atom stereocenters. The molecule has 1 aromatic carbocycles. The average Bonchev–Trinajstić information content (AvgIpc) is 3.36. The predicted molar refractivity (Wildman–Crippen MR) is 102 cm³/mol. The summed E-state index contributed by atoms with van der Waals surface area (Å²) in [6.45, 7) is 4.42. The molecule has 162 valence electrons. The molecule has 30 heavy (non-hydrogen) atoms. The van der Waals surface area contributed by atoms with Gasteiger partial charge in [-0.05, 0) is 37.9 Å². The number of alkyl halides is 3. The van der Waals surface area contributed by atoms with Crippen LogP contribution in [0.5, 0.6) is 0 Å². The maximum atomic E-state index is 13.3. The van der Waals surface area contributed by atoms with Crippen molar-refractivity contribution in [2.75, 3.05) is 39.3 Å². The van der Waals surface area contributed by atoms with E-state index >= 15 is 0 Å². The van der Waals surface area contributed by atoms with E-state index in [4.69, 9.17) is 4.74 Å². The summed E-state index contributed by atoms with van der Waals surface area (Å²) in [5.41, 5.74) is -0.942. The quantitative estimate of drug-likeness (QED) is 0.757. The fraction of sp³-hybridized carbons (Fsp3) is 0.550. The summed E-state index contributed by atoms with van der Waals surface area (Å²) in [5, 5.41) is 7.62. The van der Waals surface area contributed by atoms with Crippen LogP contribution in [0, 0.1) is 0 Å². The van der Waals surface area contributed by atoms with Crippen molar-refractivity contribution < 1.29 is 22.7 Å². The van der Waals surface area contributed by atoms with Crippen LogP contribution in [0.4, 0.5) is 13.2 Å². The highest BCUT2D eigenvalue weighted by molar-refractivity contribution is 5.92. The van der Waals surface area contributed by atoms with E-state index in [9.17, 15) is 18.0 Å². The van der Waals surface area contributed by atoms with Crippen molar-refractivity contribution in [3.05, 3.63) is 41.7 Å². The minimum atomic E-state index is -4.52. The van der Waals surface area contributed by atoms with Gasteiger partial charge >= 0.3 is 6.18 Å². The summed E-state index contributed by atoms with van der Waals surface area (Å²) in [4.78, 5) is 16.9. The van der Waals surface area contributed by atoms with Crippen molar-refractivity contribution in [3.8, 4) is 5.69 Å². The van der Waals surface area contributed by atoms with Crippen LogP contribution in [0.15, 0.2) is 30.5 Å². The lowest BCUT2D eigenvalue weighted by Gasteiger charge is -2.23. The topological polar surface area (TPSA) is 63.5 Å². The minimum absolute atomic E-state index is 0.0413. The molecule has 1 aromatic heterocycles. The van der Waals surface area contributed by atoms with Crippen molar-refractivity contribution in [1.82, 2.24) is 24.8 Å². The van der Waals surface area contributed by atoms with Crippen LogP contribution in [0.3, 0.4) is 0 Å². The van der Waals surface area contributed by atoms with Crippen LogP contribution >= 0.6 is 0 Å². The maximum absolute atomic E-state index is 13.3. The Morgan fingerprint density at radius 2 is 1.97 bits per heavy atom. The van der Waals surface area contributed by atoms with Gasteiger partial charge in [0.1, 0.15) is 0 Å². The summed E-state index contributed by atoms with van der Waals surface area (Å²) < 4.78 is 46.5. The lowest BCUT2D eigenvalue weighted by Crippen LogP contribution is -2.37. The molecule has 2 aliphatic heterocycles.